The molecule has 0 spiro atoms. The van der Waals surface area contributed by atoms with Gasteiger partial charge in [-0.1, -0.05) is 25.1 Å². The molecule has 1 aromatic carbocycles. The number of fused-ring (bicyclic) bond motifs is 3. The molecule has 0 atom stereocenters. The molecule has 0 bridgehead atoms. The molecule has 28 heavy (non-hydrogen) atoms. The summed E-state index contributed by atoms with van der Waals surface area (Å²) in [5.41, 5.74) is 4.86. The number of aryl methyl sites for hydroxylation is 3. The van der Waals surface area contributed by atoms with Crippen LogP contribution in [0.3, 0.4) is 0 Å². The Morgan fingerprint density at radius 3 is 2.75 bits per heavy atom. The van der Waals surface area contributed by atoms with Gasteiger partial charge in [0.25, 0.3) is 5.56 Å². The lowest BCUT2D eigenvalue weighted by atomic mass is 10.1. The lowest BCUT2D eigenvalue weighted by Gasteiger charge is -2.14. The van der Waals surface area contributed by atoms with E-state index in [-0.39, 0.29) is 24.4 Å². The van der Waals surface area contributed by atoms with Crippen molar-refractivity contribution in [1.82, 2.24) is 14.0 Å². The number of benzene rings is 1. The first-order chi connectivity index (χ1) is 13.6. The zero-order valence-corrected chi connectivity index (χ0v) is 16.0. The van der Waals surface area contributed by atoms with E-state index in [2.05, 4.69) is 17.2 Å². The lowest BCUT2D eigenvalue weighted by molar-refractivity contribution is -0.116. The van der Waals surface area contributed by atoms with Crippen molar-refractivity contribution in [3.63, 3.8) is 0 Å². The maximum Gasteiger partial charge on any atom is 0.276 e. The van der Waals surface area contributed by atoms with E-state index >= 15 is 0 Å². The molecule has 1 N–H and O–H groups in total. The third kappa shape index (κ3) is 3.07. The highest BCUT2D eigenvalue weighted by Gasteiger charge is 2.13. The van der Waals surface area contributed by atoms with Crippen LogP contribution in [0, 0.1) is 6.92 Å². The molecule has 4 rings (SSSR count). The molecule has 4 aromatic rings. The van der Waals surface area contributed by atoms with Crippen LogP contribution in [0.25, 0.3) is 16.7 Å². The number of hydrogen-bond donors (Lipinski definition) is 1. The van der Waals surface area contributed by atoms with Gasteiger partial charge in [0.2, 0.25) is 5.91 Å². The molecule has 6 heteroatoms. The highest BCUT2D eigenvalue weighted by Crippen LogP contribution is 2.21. The van der Waals surface area contributed by atoms with Crippen molar-refractivity contribution in [3.05, 3.63) is 76.3 Å². The SMILES string of the molecule is CCc1cccc(C)c1NC(=O)CCn1c(=O)c2cccn2c2cccnc21. The van der Waals surface area contributed by atoms with Crippen LogP contribution >= 0.6 is 0 Å². The lowest BCUT2D eigenvalue weighted by Crippen LogP contribution is -2.26. The second kappa shape index (κ2) is 7.31. The zero-order chi connectivity index (χ0) is 19.7. The quantitative estimate of drug-likeness (QED) is 0.581. The van der Waals surface area contributed by atoms with E-state index in [0.717, 1.165) is 28.8 Å². The Balaban J connectivity index is 1.63. The van der Waals surface area contributed by atoms with Crippen LogP contribution in [0.15, 0.2) is 59.7 Å². The highest BCUT2D eigenvalue weighted by molar-refractivity contribution is 5.92. The van der Waals surface area contributed by atoms with Crippen molar-refractivity contribution in [3.8, 4) is 0 Å². The number of anilines is 1. The van der Waals surface area contributed by atoms with E-state index in [9.17, 15) is 9.59 Å². The molecule has 6 nitrogen and oxygen atoms in total. The largest absolute Gasteiger partial charge is 0.326 e. The Hall–Kier alpha value is -3.41. The summed E-state index contributed by atoms with van der Waals surface area (Å²) in [5, 5.41) is 3.02. The molecule has 0 saturated carbocycles. The van der Waals surface area contributed by atoms with E-state index in [4.69, 9.17) is 0 Å². The summed E-state index contributed by atoms with van der Waals surface area (Å²) in [5.74, 6) is -0.116. The molecule has 3 aromatic heterocycles. The van der Waals surface area contributed by atoms with E-state index in [1.54, 1.807) is 16.8 Å². The number of aromatic nitrogens is 3. The molecule has 0 saturated heterocycles. The molecule has 0 aliphatic carbocycles. The molecule has 0 unspecified atom stereocenters. The van der Waals surface area contributed by atoms with E-state index in [1.165, 1.54) is 0 Å². The van der Waals surface area contributed by atoms with Crippen LogP contribution in [0.4, 0.5) is 5.69 Å². The van der Waals surface area contributed by atoms with Crippen molar-refractivity contribution in [2.24, 2.45) is 0 Å². The first-order valence-corrected chi connectivity index (χ1v) is 9.43. The van der Waals surface area contributed by atoms with Gasteiger partial charge in [0.05, 0.1) is 5.52 Å². The van der Waals surface area contributed by atoms with Gasteiger partial charge in [-0.2, -0.15) is 0 Å². The molecular weight excluding hydrogens is 352 g/mol. The fraction of sp³-hybridized carbons (Fsp3) is 0.227. The van der Waals surface area contributed by atoms with Crippen LogP contribution in [-0.2, 0) is 17.8 Å². The van der Waals surface area contributed by atoms with Gasteiger partial charge in [0.15, 0.2) is 5.65 Å². The Kier molecular flexibility index (Phi) is 4.69. The summed E-state index contributed by atoms with van der Waals surface area (Å²) in [6.07, 6.45) is 4.55. The number of amides is 1. The maximum atomic E-state index is 12.9. The summed E-state index contributed by atoms with van der Waals surface area (Å²) in [6, 6.07) is 13.4. The van der Waals surface area contributed by atoms with E-state index < -0.39 is 0 Å². The van der Waals surface area contributed by atoms with Gasteiger partial charge in [-0.3, -0.25) is 14.2 Å². The molecule has 1 amide bonds. The van der Waals surface area contributed by atoms with Crippen molar-refractivity contribution >= 4 is 28.3 Å². The minimum Gasteiger partial charge on any atom is -0.326 e. The Labute approximate surface area is 162 Å². The topological polar surface area (TPSA) is 68.4 Å². The van der Waals surface area contributed by atoms with Crippen molar-refractivity contribution in [2.75, 3.05) is 5.32 Å². The van der Waals surface area contributed by atoms with Gasteiger partial charge in [0, 0.05) is 31.0 Å². The van der Waals surface area contributed by atoms with Crippen molar-refractivity contribution in [2.45, 2.75) is 33.2 Å². The number of para-hydroxylation sites is 1. The van der Waals surface area contributed by atoms with Crippen LogP contribution in [-0.4, -0.2) is 19.9 Å². The third-order valence-electron chi connectivity index (χ3n) is 5.06. The molecule has 0 fully saturated rings. The molecule has 3 heterocycles. The first-order valence-electron chi connectivity index (χ1n) is 9.43. The summed E-state index contributed by atoms with van der Waals surface area (Å²) in [4.78, 5) is 29.9. The number of nitrogens with one attached hydrogen (secondary N) is 1. The monoisotopic (exact) mass is 374 g/mol. The smallest absolute Gasteiger partial charge is 0.276 e. The molecular formula is C22H22N4O2. The summed E-state index contributed by atoms with van der Waals surface area (Å²) in [6.45, 7) is 4.32. The molecule has 0 aliphatic rings. The highest BCUT2D eigenvalue weighted by atomic mass is 16.2. The van der Waals surface area contributed by atoms with Crippen LogP contribution in [0.5, 0.6) is 0 Å². The summed E-state index contributed by atoms with van der Waals surface area (Å²) in [7, 11) is 0. The minimum atomic E-state index is -0.144. The normalized spacial score (nSPS) is 11.2. The van der Waals surface area contributed by atoms with Crippen LogP contribution < -0.4 is 10.9 Å². The number of hydrogen-bond acceptors (Lipinski definition) is 3. The van der Waals surface area contributed by atoms with Gasteiger partial charge >= 0.3 is 0 Å². The first kappa shape index (κ1) is 18.0. The third-order valence-corrected chi connectivity index (χ3v) is 5.06. The second-order valence-electron chi connectivity index (χ2n) is 6.83. The van der Waals surface area contributed by atoms with Gasteiger partial charge in [-0.05, 0) is 48.7 Å². The predicted octanol–water partition coefficient (Wildman–Crippen LogP) is 3.55. The average molecular weight is 374 g/mol. The molecule has 142 valence electrons. The standard InChI is InChI=1S/C22H22N4O2/c1-3-16-8-4-7-15(2)20(16)24-19(27)11-14-26-21-17(9-5-12-23-21)25-13-6-10-18(25)22(26)28/h4-10,12-13H,3,11,14H2,1-2H3,(H,24,27). The Bertz CT molecular complexity index is 1240. The number of nitrogens with zero attached hydrogens (tertiary/aromatic N) is 3. The van der Waals surface area contributed by atoms with E-state index in [1.807, 2.05) is 53.9 Å². The average Bonchev–Trinajstić information content (AvgIpc) is 3.20. The summed E-state index contributed by atoms with van der Waals surface area (Å²) >= 11 is 0. The van der Waals surface area contributed by atoms with E-state index in [0.29, 0.717) is 11.2 Å². The second-order valence-corrected chi connectivity index (χ2v) is 6.83. The fourth-order valence-electron chi connectivity index (χ4n) is 3.61. The molecule has 0 aliphatic heterocycles. The number of carbonyl (C=O) groups excluding carboxylic acids is 1. The minimum absolute atomic E-state index is 0.116. The predicted molar refractivity (Wildman–Crippen MR) is 111 cm³/mol. The number of pyridine rings is 1. The fourth-order valence-corrected chi connectivity index (χ4v) is 3.61. The summed E-state index contributed by atoms with van der Waals surface area (Å²) < 4.78 is 3.42. The molecule has 0 radical (unpaired) electrons. The Morgan fingerprint density at radius 1 is 1.11 bits per heavy atom. The van der Waals surface area contributed by atoms with Crippen molar-refractivity contribution in [1.29, 1.82) is 0 Å². The number of carbonyl (C=O) groups is 1. The van der Waals surface area contributed by atoms with Gasteiger partial charge < -0.3 is 9.72 Å². The van der Waals surface area contributed by atoms with Crippen molar-refractivity contribution < 1.29 is 4.79 Å². The maximum absolute atomic E-state index is 12.9. The number of rotatable bonds is 5. The zero-order valence-electron chi connectivity index (χ0n) is 16.0. The van der Waals surface area contributed by atoms with Gasteiger partial charge in [-0.15, -0.1) is 0 Å². The van der Waals surface area contributed by atoms with Gasteiger partial charge in [0.1, 0.15) is 5.52 Å². The van der Waals surface area contributed by atoms with Crippen LogP contribution in [0.2, 0.25) is 0 Å². The van der Waals surface area contributed by atoms with Crippen LogP contribution in [0.1, 0.15) is 24.5 Å². The Morgan fingerprint density at radius 2 is 1.93 bits per heavy atom. The van der Waals surface area contributed by atoms with Gasteiger partial charge in [-0.25, -0.2) is 4.98 Å².